The minimum atomic E-state index is 0.647. The highest BCUT2D eigenvalue weighted by molar-refractivity contribution is 14.1. The summed E-state index contributed by atoms with van der Waals surface area (Å²) in [6.07, 6.45) is 2.62. The topological polar surface area (TPSA) is 53.6 Å². The van der Waals surface area contributed by atoms with Crippen molar-refractivity contribution in [3.8, 4) is 0 Å². The number of nitrogens with one attached hydrogen (secondary N) is 1. The first-order valence-corrected chi connectivity index (χ1v) is 6.30. The Kier molecular flexibility index (Phi) is 3.62. The van der Waals surface area contributed by atoms with Gasteiger partial charge in [-0.1, -0.05) is 0 Å². The van der Waals surface area contributed by atoms with E-state index >= 15 is 0 Å². The molecule has 2 atom stereocenters. The summed E-state index contributed by atoms with van der Waals surface area (Å²) in [7, 11) is 0. The fourth-order valence-corrected chi connectivity index (χ4v) is 3.35. The monoisotopic (exact) mass is 308 g/mol. The number of aliphatic imine (C=N–C) groups is 1. The largest absolute Gasteiger partial charge is 0.343 e. The molecule has 0 aromatic heterocycles. The van der Waals surface area contributed by atoms with E-state index in [9.17, 15) is 0 Å². The third-order valence-electron chi connectivity index (χ3n) is 2.96. The number of nitrogens with zero attached hydrogens (tertiary/aromatic N) is 2. The highest BCUT2D eigenvalue weighted by Crippen LogP contribution is 2.28. The van der Waals surface area contributed by atoms with Crippen LogP contribution in [0, 0.1) is 0 Å². The molecule has 3 N–H and O–H groups in total. The summed E-state index contributed by atoms with van der Waals surface area (Å²) in [4.78, 5) is 6.96. The molecular formula is C9H17IN4. The number of rotatable bonds is 2. The van der Waals surface area contributed by atoms with Crippen LogP contribution in [-0.4, -0.2) is 47.0 Å². The van der Waals surface area contributed by atoms with Crippen LogP contribution in [0.4, 0.5) is 0 Å². The first-order chi connectivity index (χ1) is 6.83. The Labute approximate surface area is 98.5 Å². The lowest BCUT2D eigenvalue weighted by molar-refractivity contribution is 0.258. The van der Waals surface area contributed by atoms with E-state index in [1.54, 1.807) is 0 Å². The molecular weight excluding hydrogens is 291 g/mol. The van der Waals surface area contributed by atoms with Gasteiger partial charge in [0.1, 0.15) is 0 Å². The molecule has 2 heterocycles. The third-order valence-corrected chi connectivity index (χ3v) is 3.86. The van der Waals surface area contributed by atoms with Crippen molar-refractivity contribution >= 4 is 26.4 Å². The molecule has 2 saturated heterocycles. The maximum atomic E-state index is 5.45. The summed E-state index contributed by atoms with van der Waals surface area (Å²) in [6, 6.07) is 1.34. The molecule has 14 heavy (non-hydrogen) atoms. The van der Waals surface area contributed by atoms with Gasteiger partial charge in [-0.05, 0) is 35.4 Å². The number of hydrogen-bond acceptors (Lipinski definition) is 3. The predicted molar refractivity (Wildman–Crippen MR) is 66.9 cm³/mol. The van der Waals surface area contributed by atoms with Crippen molar-refractivity contribution in [3.05, 3.63) is 0 Å². The van der Waals surface area contributed by atoms with E-state index in [1.165, 1.54) is 12.8 Å². The first-order valence-electron chi connectivity index (χ1n) is 5.22. The standard InChI is InChI=1S/C9H17IN4/c10-9(13-4-3-11)14-7-1-2-8(14)6-12-5-7/h7-8,12H,1-6,11H2. The van der Waals surface area contributed by atoms with Gasteiger partial charge in [0.05, 0.1) is 6.54 Å². The van der Waals surface area contributed by atoms with Crippen molar-refractivity contribution in [3.63, 3.8) is 0 Å². The molecule has 0 aliphatic carbocycles. The normalized spacial score (nSPS) is 32.4. The van der Waals surface area contributed by atoms with E-state index in [-0.39, 0.29) is 0 Å². The number of piperazine rings is 1. The number of hydrogen-bond donors (Lipinski definition) is 2. The second-order valence-electron chi connectivity index (χ2n) is 3.89. The van der Waals surface area contributed by atoms with Gasteiger partial charge in [0.25, 0.3) is 0 Å². The Morgan fingerprint density at radius 3 is 2.64 bits per heavy atom. The molecule has 2 fully saturated rings. The number of halogens is 1. The molecule has 5 heteroatoms. The molecule has 0 saturated carbocycles. The molecule has 0 radical (unpaired) electrons. The molecule has 2 rings (SSSR count). The Morgan fingerprint density at radius 1 is 1.43 bits per heavy atom. The van der Waals surface area contributed by atoms with E-state index in [0.29, 0.717) is 18.6 Å². The predicted octanol–water partition coefficient (Wildman–Crippen LogP) is 0.172. The van der Waals surface area contributed by atoms with Gasteiger partial charge in [-0.25, -0.2) is 0 Å². The maximum Gasteiger partial charge on any atom is 0.163 e. The fourth-order valence-electron chi connectivity index (χ4n) is 2.32. The SMILES string of the molecule is NCCN=C(I)N1C2CCC1CNC2. The highest BCUT2D eigenvalue weighted by atomic mass is 127. The molecule has 0 aromatic rings. The zero-order chi connectivity index (χ0) is 9.97. The Morgan fingerprint density at radius 2 is 2.07 bits per heavy atom. The lowest BCUT2D eigenvalue weighted by Crippen LogP contribution is -2.52. The van der Waals surface area contributed by atoms with E-state index in [4.69, 9.17) is 5.73 Å². The average Bonchev–Trinajstić information content (AvgIpc) is 2.45. The van der Waals surface area contributed by atoms with Gasteiger partial charge in [-0.15, -0.1) is 0 Å². The van der Waals surface area contributed by atoms with Gasteiger partial charge < -0.3 is 16.0 Å². The van der Waals surface area contributed by atoms with Crippen LogP contribution in [0.2, 0.25) is 0 Å². The lowest BCUT2D eigenvalue weighted by atomic mass is 10.2. The summed E-state index contributed by atoms with van der Waals surface area (Å²) in [5.41, 5.74) is 5.45. The van der Waals surface area contributed by atoms with Gasteiger partial charge in [-0.2, -0.15) is 0 Å². The average molecular weight is 308 g/mol. The van der Waals surface area contributed by atoms with Crippen LogP contribution in [-0.2, 0) is 0 Å². The van der Waals surface area contributed by atoms with Crippen LogP contribution in [0.25, 0.3) is 0 Å². The minimum Gasteiger partial charge on any atom is -0.343 e. The molecule has 4 nitrogen and oxygen atoms in total. The number of fused-ring (bicyclic) bond motifs is 2. The summed E-state index contributed by atoms with van der Waals surface area (Å²) >= 11 is 2.35. The second kappa shape index (κ2) is 4.76. The van der Waals surface area contributed by atoms with Gasteiger partial charge >= 0.3 is 0 Å². The molecule has 2 bridgehead atoms. The quantitative estimate of drug-likeness (QED) is 0.331. The lowest BCUT2D eigenvalue weighted by Gasteiger charge is -2.35. The smallest absolute Gasteiger partial charge is 0.163 e. The molecule has 0 amide bonds. The van der Waals surface area contributed by atoms with Crippen molar-refractivity contribution in [2.24, 2.45) is 10.7 Å². The number of amidine groups is 1. The molecule has 2 aliphatic heterocycles. The first kappa shape index (κ1) is 10.6. The van der Waals surface area contributed by atoms with Crippen LogP contribution in [0.15, 0.2) is 4.99 Å². The van der Waals surface area contributed by atoms with E-state index in [2.05, 4.69) is 37.8 Å². The minimum absolute atomic E-state index is 0.647. The Bertz CT molecular complexity index is 215. The van der Waals surface area contributed by atoms with Crippen molar-refractivity contribution in [2.75, 3.05) is 26.2 Å². The van der Waals surface area contributed by atoms with E-state index in [0.717, 1.165) is 23.5 Å². The Hall–Kier alpha value is 0.120. The zero-order valence-electron chi connectivity index (χ0n) is 8.25. The molecule has 0 spiro atoms. The zero-order valence-corrected chi connectivity index (χ0v) is 10.4. The van der Waals surface area contributed by atoms with Crippen molar-refractivity contribution in [2.45, 2.75) is 24.9 Å². The molecule has 80 valence electrons. The second-order valence-corrected chi connectivity index (χ2v) is 4.85. The van der Waals surface area contributed by atoms with Gasteiger partial charge in [0.2, 0.25) is 0 Å². The van der Waals surface area contributed by atoms with E-state index in [1.807, 2.05) is 0 Å². The summed E-state index contributed by atoms with van der Waals surface area (Å²) < 4.78 is 1.15. The molecule has 2 aliphatic rings. The summed E-state index contributed by atoms with van der Waals surface area (Å²) in [5.74, 6) is 0. The van der Waals surface area contributed by atoms with Crippen LogP contribution in [0.3, 0.4) is 0 Å². The maximum absolute atomic E-state index is 5.45. The van der Waals surface area contributed by atoms with Crippen LogP contribution < -0.4 is 11.1 Å². The molecule has 2 unspecified atom stereocenters. The van der Waals surface area contributed by atoms with Gasteiger partial charge in [0, 0.05) is 31.7 Å². The van der Waals surface area contributed by atoms with Gasteiger partial charge in [0.15, 0.2) is 3.84 Å². The fraction of sp³-hybridized carbons (Fsp3) is 0.889. The summed E-state index contributed by atoms with van der Waals surface area (Å²) in [5, 5.41) is 3.46. The van der Waals surface area contributed by atoms with Crippen LogP contribution >= 0.6 is 22.6 Å². The molecule has 0 aromatic carbocycles. The number of nitrogens with two attached hydrogens (primary N) is 1. The van der Waals surface area contributed by atoms with E-state index < -0.39 is 0 Å². The Balaban J connectivity index is 2.03. The summed E-state index contributed by atoms with van der Waals surface area (Å²) in [6.45, 7) is 3.62. The highest BCUT2D eigenvalue weighted by Gasteiger charge is 2.37. The van der Waals surface area contributed by atoms with Gasteiger partial charge in [-0.3, -0.25) is 4.99 Å². The van der Waals surface area contributed by atoms with Crippen molar-refractivity contribution < 1.29 is 0 Å². The van der Waals surface area contributed by atoms with Crippen molar-refractivity contribution in [1.29, 1.82) is 0 Å². The van der Waals surface area contributed by atoms with Crippen LogP contribution in [0.1, 0.15) is 12.8 Å². The van der Waals surface area contributed by atoms with Crippen LogP contribution in [0.5, 0.6) is 0 Å². The third kappa shape index (κ3) is 2.04. The van der Waals surface area contributed by atoms with Crippen molar-refractivity contribution in [1.82, 2.24) is 10.2 Å².